The molecular formula is C22H32FN5O2. The number of hydrogen-bond donors (Lipinski definition) is 3. The number of nitrogens with zero attached hydrogens (tertiary/aromatic N) is 2. The maximum Gasteiger partial charge on any atom is 0.225 e. The topological polar surface area (TPSA) is 85.8 Å². The Morgan fingerprint density at radius 1 is 1.17 bits per heavy atom. The van der Waals surface area contributed by atoms with E-state index in [1.807, 2.05) is 4.90 Å². The predicted molar refractivity (Wildman–Crippen MR) is 115 cm³/mol. The second kappa shape index (κ2) is 10.9. The molecule has 7 nitrogen and oxygen atoms in total. The Balaban J connectivity index is 1.33. The zero-order chi connectivity index (χ0) is 21.3. The summed E-state index contributed by atoms with van der Waals surface area (Å²) in [5.74, 6) is 0.696. The van der Waals surface area contributed by atoms with Gasteiger partial charge in [0.15, 0.2) is 5.96 Å². The molecule has 1 aliphatic carbocycles. The molecule has 1 saturated heterocycles. The first-order chi connectivity index (χ1) is 14.5. The average Bonchev–Trinajstić information content (AvgIpc) is 3.42. The first-order valence-electron chi connectivity index (χ1n) is 10.8. The van der Waals surface area contributed by atoms with Gasteiger partial charge in [0.05, 0.1) is 6.42 Å². The molecule has 2 amide bonds. The van der Waals surface area contributed by atoms with Gasteiger partial charge in [-0.2, -0.15) is 0 Å². The van der Waals surface area contributed by atoms with Gasteiger partial charge in [0.25, 0.3) is 0 Å². The number of carbonyl (C=O) groups is 2. The van der Waals surface area contributed by atoms with Gasteiger partial charge in [-0.3, -0.25) is 14.6 Å². The van der Waals surface area contributed by atoms with E-state index in [4.69, 9.17) is 0 Å². The molecule has 1 heterocycles. The second-order valence-electron chi connectivity index (χ2n) is 8.05. The van der Waals surface area contributed by atoms with Gasteiger partial charge in [0.2, 0.25) is 11.8 Å². The minimum atomic E-state index is -0.340. The number of halogens is 1. The molecule has 1 saturated carbocycles. The van der Waals surface area contributed by atoms with E-state index in [-0.39, 0.29) is 30.1 Å². The number of hydrogen-bond acceptors (Lipinski definition) is 3. The van der Waals surface area contributed by atoms with E-state index in [0.717, 1.165) is 25.8 Å². The third-order valence-electron chi connectivity index (χ3n) is 5.76. The van der Waals surface area contributed by atoms with Crippen LogP contribution in [0.3, 0.4) is 0 Å². The minimum absolute atomic E-state index is 0.150. The van der Waals surface area contributed by atoms with Gasteiger partial charge in [0.1, 0.15) is 5.82 Å². The fourth-order valence-electron chi connectivity index (χ4n) is 4.17. The summed E-state index contributed by atoms with van der Waals surface area (Å²) in [5.41, 5.74) is 0.649. The number of carbonyl (C=O) groups excluding carboxylic acids is 2. The quantitative estimate of drug-likeness (QED) is 0.356. The maximum atomic E-state index is 13.2. The van der Waals surface area contributed by atoms with Crippen LogP contribution in [0.15, 0.2) is 29.3 Å². The fourth-order valence-corrected chi connectivity index (χ4v) is 4.17. The summed E-state index contributed by atoms with van der Waals surface area (Å²) in [4.78, 5) is 30.8. The molecular weight excluding hydrogens is 385 g/mol. The summed E-state index contributed by atoms with van der Waals surface area (Å²) in [6.07, 6.45) is 5.45. The van der Waals surface area contributed by atoms with Crippen molar-refractivity contribution >= 4 is 17.8 Å². The molecule has 1 atom stereocenters. The highest BCUT2D eigenvalue weighted by atomic mass is 19.1. The molecule has 0 bridgehead atoms. The van der Waals surface area contributed by atoms with Crippen molar-refractivity contribution in [2.75, 3.05) is 33.2 Å². The lowest BCUT2D eigenvalue weighted by Gasteiger charge is -2.21. The maximum absolute atomic E-state index is 13.2. The van der Waals surface area contributed by atoms with E-state index in [2.05, 4.69) is 20.9 Å². The van der Waals surface area contributed by atoms with Crippen LogP contribution in [0.5, 0.6) is 0 Å². The summed E-state index contributed by atoms with van der Waals surface area (Å²) in [5, 5.41) is 9.37. The van der Waals surface area contributed by atoms with E-state index in [0.29, 0.717) is 37.1 Å². The van der Waals surface area contributed by atoms with Crippen molar-refractivity contribution in [1.29, 1.82) is 0 Å². The van der Waals surface area contributed by atoms with Gasteiger partial charge in [-0.25, -0.2) is 4.39 Å². The highest BCUT2D eigenvalue weighted by molar-refractivity contribution is 5.82. The lowest BCUT2D eigenvalue weighted by atomic mass is 10.1. The van der Waals surface area contributed by atoms with Crippen LogP contribution in [0.4, 0.5) is 4.39 Å². The van der Waals surface area contributed by atoms with Crippen LogP contribution in [0.1, 0.15) is 37.7 Å². The molecule has 0 aromatic heterocycles. The molecule has 1 unspecified atom stereocenters. The minimum Gasteiger partial charge on any atom is -0.355 e. The molecule has 1 aromatic carbocycles. The Morgan fingerprint density at radius 2 is 1.93 bits per heavy atom. The zero-order valence-corrected chi connectivity index (χ0v) is 17.6. The van der Waals surface area contributed by atoms with Gasteiger partial charge in [-0.1, -0.05) is 25.0 Å². The lowest BCUT2D eigenvalue weighted by molar-refractivity contribution is -0.134. The van der Waals surface area contributed by atoms with Gasteiger partial charge in [-0.05, 0) is 37.0 Å². The normalized spacial score (nSPS) is 19.7. The molecule has 3 rings (SSSR count). The molecule has 3 N–H and O–H groups in total. The van der Waals surface area contributed by atoms with E-state index < -0.39 is 0 Å². The number of benzene rings is 1. The number of nitrogens with one attached hydrogen (secondary N) is 3. The number of likely N-dealkylation sites (tertiary alicyclic amines) is 1. The van der Waals surface area contributed by atoms with Crippen LogP contribution in [0.2, 0.25) is 0 Å². The monoisotopic (exact) mass is 417 g/mol. The van der Waals surface area contributed by atoms with E-state index in [9.17, 15) is 14.0 Å². The number of rotatable bonds is 7. The third-order valence-corrected chi connectivity index (χ3v) is 5.76. The van der Waals surface area contributed by atoms with Gasteiger partial charge in [0, 0.05) is 45.2 Å². The van der Waals surface area contributed by atoms with Crippen LogP contribution in [-0.2, 0) is 16.0 Å². The average molecular weight is 418 g/mol. The van der Waals surface area contributed by atoms with Crippen LogP contribution in [0.25, 0.3) is 0 Å². The van der Waals surface area contributed by atoms with Crippen molar-refractivity contribution in [3.8, 4) is 0 Å². The summed E-state index contributed by atoms with van der Waals surface area (Å²) < 4.78 is 13.2. The van der Waals surface area contributed by atoms with Crippen molar-refractivity contribution in [1.82, 2.24) is 20.9 Å². The Labute approximate surface area is 177 Å². The molecule has 30 heavy (non-hydrogen) atoms. The Kier molecular flexibility index (Phi) is 8.04. The molecule has 2 fully saturated rings. The highest BCUT2D eigenvalue weighted by Gasteiger charge is 2.32. The molecule has 0 spiro atoms. The van der Waals surface area contributed by atoms with E-state index in [1.165, 1.54) is 25.0 Å². The van der Waals surface area contributed by atoms with Crippen LogP contribution in [-0.4, -0.2) is 61.9 Å². The second-order valence-corrected chi connectivity index (χ2v) is 8.05. The summed E-state index contributed by atoms with van der Waals surface area (Å²) in [7, 11) is 1.70. The van der Waals surface area contributed by atoms with Crippen molar-refractivity contribution in [3.05, 3.63) is 35.6 Å². The van der Waals surface area contributed by atoms with Crippen LogP contribution in [0, 0.1) is 11.7 Å². The third kappa shape index (κ3) is 6.43. The predicted octanol–water partition coefficient (Wildman–Crippen LogP) is 1.44. The van der Waals surface area contributed by atoms with Gasteiger partial charge in [-0.15, -0.1) is 0 Å². The lowest BCUT2D eigenvalue weighted by Crippen LogP contribution is -2.47. The fraction of sp³-hybridized carbons (Fsp3) is 0.591. The van der Waals surface area contributed by atoms with Crippen molar-refractivity contribution in [2.24, 2.45) is 10.9 Å². The Morgan fingerprint density at radius 3 is 2.67 bits per heavy atom. The number of aliphatic imine (C=N–C) groups is 1. The number of amides is 2. The molecule has 2 aliphatic rings. The summed E-state index contributed by atoms with van der Waals surface area (Å²) in [6, 6.07) is 6.24. The van der Waals surface area contributed by atoms with Crippen LogP contribution >= 0.6 is 0 Å². The van der Waals surface area contributed by atoms with Gasteiger partial charge >= 0.3 is 0 Å². The molecule has 0 radical (unpaired) electrons. The van der Waals surface area contributed by atoms with Crippen molar-refractivity contribution in [3.63, 3.8) is 0 Å². The smallest absolute Gasteiger partial charge is 0.225 e. The highest BCUT2D eigenvalue weighted by Crippen LogP contribution is 2.27. The standard InChI is InChI=1S/C22H32FN5O2/c1-24-22(26-11-10-25-20(29)14-16-5-4-8-18(23)13-16)27-19-9-12-28(15-19)21(30)17-6-2-3-7-17/h4-5,8,13,17,19H,2-3,6-7,9-12,14-15H2,1H3,(H,25,29)(H2,24,26,27). The molecule has 164 valence electrons. The molecule has 8 heteroatoms. The SMILES string of the molecule is CN=C(NCCNC(=O)Cc1cccc(F)c1)NC1CCN(C(=O)C2CCCC2)C1. The van der Waals surface area contributed by atoms with Gasteiger partial charge < -0.3 is 20.9 Å². The Bertz CT molecular complexity index is 764. The van der Waals surface area contributed by atoms with Crippen LogP contribution < -0.4 is 16.0 Å². The van der Waals surface area contributed by atoms with E-state index in [1.54, 1.807) is 19.2 Å². The van der Waals surface area contributed by atoms with Crippen molar-refractivity contribution in [2.45, 2.75) is 44.6 Å². The largest absolute Gasteiger partial charge is 0.355 e. The first kappa shape index (κ1) is 22.1. The number of guanidine groups is 1. The summed E-state index contributed by atoms with van der Waals surface area (Å²) in [6.45, 7) is 2.46. The molecule has 1 aliphatic heterocycles. The molecule has 1 aromatic rings. The van der Waals surface area contributed by atoms with Crippen molar-refractivity contribution < 1.29 is 14.0 Å². The first-order valence-corrected chi connectivity index (χ1v) is 10.8. The summed E-state index contributed by atoms with van der Waals surface area (Å²) >= 11 is 0. The Hall–Kier alpha value is -2.64. The zero-order valence-electron chi connectivity index (χ0n) is 17.6. The van der Waals surface area contributed by atoms with E-state index >= 15 is 0 Å².